The van der Waals surface area contributed by atoms with Gasteiger partial charge in [-0.2, -0.15) is 0 Å². The van der Waals surface area contributed by atoms with Crippen LogP contribution in [0.5, 0.6) is 0 Å². The summed E-state index contributed by atoms with van der Waals surface area (Å²) in [5.41, 5.74) is 13.4. The molecule has 3 heterocycles. The second kappa shape index (κ2) is 13.8. The summed E-state index contributed by atoms with van der Waals surface area (Å²) in [6.45, 7) is 0. The molecule has 0 aliphatic carbocycles. The molecule has 266 valence electrons. The Bertz CT molecular complexity index is 3080. The van der Waals surface area contributed by atoms with Crippen LogP contribution in [-0.4, -0.2) is 9.55 Å². The molecule has 0 fully saturated rings. The molecule has 4 heteroatoms. The second-order valence-electron chi connectivity index (χ2n) is 14.6. The van der Waals surface area contributed by atoms with Crippen molar-refractivity contribution >= 4 is 70.8 Å². The summed E-state index contributed by atoms with van der Waals surface area (Å²) in [5, 5.41) is 6.10. The lowest BCUT2D eigenvalue weighted by Gasteiger charge is -2.15. The molecular weight excluding hydrogens is 717 g/mol. The molecule has 0 radical (unpaired) electrons. The first kappa shape index (κ1) is 33.2. The number of aryl methyl sites for hydroxylation is 1. The molecule has 8 aromatic carbocycles. The van der Waals surface area contributed by atoms with Gasteiger partial charge in [0.1, 0.15) is 5.01 Å². The first-order chi connectivity index (χ1) is 27.7. The monoisotopic (exact) mass is 752 g/mol. The van der Waals surface area contributed by atoms with Crippen molar-refractivity contribution in [1.82, 2.24) is 9.55 Å². The quantitative estimate of drug-likeness (QED) is 0.174. The molecule has 1 aliphatic rings. The molecule has 1 aliphatic heterocycles. The molecule has 0 saturated carbocycles. The summed E-state index contributed by atoms with van der Waals surface area (Å²) in [6.07, 6.45) is 5.87. The van der Waals surface area contributed by atoms with E-state index in [1.54, 1.807) is 11.3 Å². The third kappa shape index (κ3) is 5.85. The number of thiazole rings is 1. The molecule has 11 rings (SSSR count). The van der Waals surface area contributed by atoms with Gasteiger partial charge in [0.15, 0.2) is 0 Å². The largest absolute Gasteiger partial charge is 0.309 e. The van der Waals surface area contributed by atoms with Crippen LogP contribution in [0.2, 0.25) is 0 Å². The SMILES string of the molecule is C1=C(/c2ccc(-c3ccc4c(ccc5c4c4cc(-c6ccc(-c7nc8ccccc8s7)cc6)ccc4n5-c4ccccc4)c3)cc2)Sc2ccccc2CCC/1. The van der Waals surface area contributed by atoms with Crippen LogP contribution >= 0.6 is 23.1 Å². The van der Waals surface area contributed by atoms with Crippen molar-refractivity contribution in [2.45, 2.75) is 24.2 Å². The summed E-state index contributed by atoms with van der Waals surface area (Å²) in [6, 6.07) is 64.6. The molecule has 0 N–H and O–H groups in total. The predicted molar refractivity (Wildman–Crippen MR) is 241 cm³/mol. The lowest BCUT2D eigenvalue weighted by Crippen LogP contribution is -1.93. The van der Waals surface area contributed by atoms with E-state index in [0.29, 0.717) is 0 Å². The van der Waals surface area contributed by atoms with Crippen LogP contribution in [0.25, 0.3) is 86.2 Å². The molecule has 0 spiro atoms. The summed E-state index contributed by atoms with van der Waals surface area (Å²) in [7, 11) is 0. The fourth-order valence-corrected chi connectivity index (χ4v) is 10.5. The molecule has 0 unspecified atom stereocenters. The summed E-state index contributed by atoms with van der Waals surface area (Å²) >= 11 is 3.65. The molecule has 0 atom stereocenters. The topological polar surface area (TPSA) is 17.8 Å². The van der Waals surface area contributed by atoms with E-state index in [9.17, 15) is 0 Å². The number of para-hydroxylation sites is 2. The fourth-order valence-electron chi connectivity index (χ4n) is 8.36. The Kier molecular flexibility index (Phi) is 8.19. The molecule has 56 heavy (non-hydrogen) atoms. The standard InChI is InChI=1S/C52H36N2S2/c1-2-12-42(13-3-1)54-46-30-27-40(35-20-24-38(25-21-35)52-53-45-14-6-9-17-50(45)56-52)33-44(46)51-43-29-26-39(32-41(43)28-31-47(51)54)34-18-22-37(23-19-34)49-16-8-5-11-36-10-4-7-15-48(36)55-49/h1-4,6-7,9-10,12-33H,5,8,11H2/b49-16-. The van der Waals surface area contributed by atoms with Gasteiger partial charge in [-0.1, -0.05) is 139 Å². The number of hydrogen-bond acceptors (Lipinski definition) is 3. The average Bonchev–Trinajstić information content (AvgIpc) is 3.84. The molecule has 0 saturated heterocycles. The van der Waals surface area contributed by atoms with Gasteiger partial charge >= 0.3 is 0 Å². The predicted octanol–water partition coefficient (Wildman–Crippen LogP) is 15.0. The average molecular weight is 753 g/mol. The van der Waals surface area contributed by atoms with E-state index in [1.807, 2.05) is 11.8 Å². The van der Waals surface area contributed by atoms with Crippen molar-refractivity contribution in [3.63, 3.8) is 0 Å². The van der Waals surface area contributed by atoms with Gasteiger partial charge < -0.3 is 4.57 Å². The number of benzene rings is 8. The van der Waals surface area contributed by atoms with E-state index in [4.69, 9.17) is 4.98 Å². The van der Waals surface area contributed by atoms with Crippen LogP contribution < -0.4 is 0 Å². The zero-order valence-electron chi connectivity index (χ0n) is 30.7. The van der Waals surface area contributed by atoms with Gasteiger partial charge in [0.05, 0.1) is 21.3 Å². The zero-order valence-corrected chi connectivity index (χ0v) is 32.3. The van der Waals surface area contributed by atoms with Gasteiger partial charge in [-0.25, -0.2) is 4.98 Å². The highest BCUT2D eigenvalue weighted by Crippen LogP contribution is 2.42. The molecule has 0 bridgehead atoms. The van der Waals surface area contributed by atoms with Crippen LogP contribution in [-0.2, 0) is 6.42 Å². The maximum absolute atomic E-state index is 4.90. The first-order valence-corrected chi connectivity index (χ1v) is 21.0. The number of nitrogens with zero attached hydrogens (tertiary/aromatic N) is 2. The van der Waals surface area contributed by atoms with Crippen molar-refractivity contribution < 1.29 is 0 Å². The maximum Gasteiger partial charge on any atom is 0.124 e. The maximum atomic E-state index is 4.90. The van der Waals surface area contributed by atoms with Crippen molar-refractivity contribution in [2.24, 2.45) is 0 Å². The van der Waals surface area contributed by atoms with E-state index in [2.05, 4.69) is 187 Å². The van der Waals surface area contributed by atoms with Crippen LogP contribution in [0.1, 0.15) is 24.0 Å². The van der Waals surface area contributed by atoms with Gasteiger partial charge in [-0.3, -0.25) is 0 Å². The van der Waals surface area contributed by atoms with Crippen molar-refractivity contribution in [3.8, 4) is 38.5 Å². The lowest BCUT2D eigenvalue weighted by atomic mass is 9.96. The van der Waals surface area contributed by atoms with Gasteiger partial charge in [-0.05, 0) is 118 Å². The first-order valence-electron chi connectivity index (χ1n) is 19.3. The van der Waals surface area contributed by atoms with Crippen molar-refractivity contribution in [2.75, 3.05) is 0 Å². The van der Waals surface area contributed by atoms with E-state index >= 15 is 0 Å². The summed E-state index contributed by atoms with van der Waals surface area (Å²) in [4.78, 5) is 7.62. The molecule has 0 amide bonds. The minimum atomic E-state index is 1.05. The normalized spacial score (nSPS) is 14.1. The van der Waals surface area contributed by atoms with Crippen molar-refractivity contribution in [1.29, 1.82) is 0 Å². The van der Waals surface area contributed by atoms with Crippen LogP contribution in [0.4, 0.5) is 0 Å². The Balaban J connectivity index is 0.981. The summed E-state index contributed by atoms with van der Waals surface area (Å²) in [5.74, 6) is 0. The fraction of sp³-hybridized carbons (Fsp3) is 0.0577. The second-order valence-corrected chi connectivity index (χ2v) is 16.7. The minimum Gasteiger partial charge on any atom is -0.309 e. The number of rotatable bonds is 5. The third-order valence-corrected chi connectivity index (χ3v) is 13.5. The van der Waals surface area contributed by atoms with Gasteiger partial charge in [0.2, 0.25) is 0 Å². The number of aromatic nitrogens is 2. The van der Waals surface area contributed by atoms with Crippen LogP contribution in [0.15, 0.2) is 187 Å². The Morgan fingerprint density at radius 3 is 2.04 bits per heavy atom. The molecular formula is C52H36N2S2. The third-order valence-electron chi connectivity index (χ3n) is 11.2. The molecule has 2 aromatic heterocycles. The number of allylic oxidation sites excluding steroid dienone is 1. The molecule has 2 nitrogen and oxygen atoms in total. The van der Waals surface area contributed by atoms with Crippen LogP contribution in [0.3, 0.4) is 0 Å². The smallest absolute Gasteiger partial charge is 0.124 e. The lowest BCUT2D eigenvalue weighted by molar-refractivity contribution is 0.829. The summed E-state index contributed by atoms with van der Waals surface area (Å²) < 4.78 is 3.63. The van der Waals surface area contributed by atoms with E-state index in [1.165, 1.54) is 86.9 Å². The van der Waals surface area contributed by atoms with Gasteiger partial charge in [-0.15, -0.1) is 11.3 Å². The minimum absolute atomic E-state index is 1.05. The Hall–Kier alpha value is -6.20. The Labute approximate surface area is 334 Å². The highest BCUT2D eigenvalue weighted by Gasteiger charge is 2.17. The van der Waals surface area contributed by atoms with E-state index < -0.39 is 0 Å². The van der Waals surface area contributed by atoms with Gasteiger partial charge in [0, 0.05) is 31.8 Å². The number of thioether (sulfide) groups is 1. The highest BCUT2D eigenvalue weighted by atomic mass is 32.2. The number of fused-ring (bicyclic) bond motifs is 7. The zero-order chi connectivity index (χ0) is 37.0. The van der Waals surface area contributed by atoms with Crippen molar-refractivity contribution in [3.05, 3.63) is 193 Å². The van der Waals surface area contributed by atoms with E-state index in [-0.39, 0.29) is 0 Å². The number of hydrogen-bond donors (Lipinski definition) is 0. The molecule has 10 aromatic rings. The Morgan fingerprint density at radius 1 is 0.518 bits per heavy atom. The van der Waals surface area contributed by atoms with Gasteiger partial charge in [0.25, 0.3) is 0 Å². The van der Waals surface area contributed by atoms with E-state index in [0.717, 1.165) is 34.6 Å². The Morgan fingerprint density at radius 2 is 1.20 bits per heavy atom. The van der Waals surface area contributed by atoms with Crippen LogP contribution in [0, 0.1) is 0 Å². The highest BCUT2D eigenvalue weighted by molar-refractivity contribution is 8.08.